The first-order valence-corrected chi connectivity index (χ1v) is 8.28. The van der Waals surface area contributed by atoms with Crippen molar-refractivity contribution in [3.05, 3.63) is 16.6 Å². The molecule has 2 aromatic heterocycles. The number of carbonyl (C=O) groups is 1. The molecule has 0 saturated carbocycles. The highest BCUT2D eigenvalue weighted by atomic mass is 35.5. The molecule has 0 unspecified atom stereocenters. The van der Waals surface area contributed by atoms with E-state index >= 15 is 0 Å². The fourth-order valence-corrected chi connectivity index (χ4v) is 3.92. The molecule has 122 valence electrons. The van der Waals surface area contributed by atoms with Gasteiger partial charge in [-0.25, -0.2) is 0 Å². The van der Waals surface area contributed by atoms with Crippen LogP contribution >= 0.6 is 23.7 Å². The highest BCUT2D eigenvalue weighted by Gasteiger charge is 2.26. The Morgan fingerprint density at radius 2 is 2.23 bits per heavy atom. The summed E-state index contributed by atoms with van der Waals surface area (Å²) in [5, 5.41) is 9.02. The first kappa shape index (κ1) is 17.2. The number of halogens is 1. The highest BCUT2D eigenvalue weighted by molar-refractivity contribution is 7.20. The number of carbonyl (C=O) groups excluding carboxylic acids is 1. The smallest absolute Gasteiger partial charge is 0.264 e. The summed E-state index contributed by atoms with van der Waals surface area (Å²) < 4.78 is 1.90. The van der Waals surface area contributed by atoms with E-state index in [-0.39, 0.29) is 24.4 Å². The minimum absolute atomic E-state index is 0. The Morgan fingerprint density at radius 3 is 2.86 bits per heavy atom. The molecule has 1 fully saturated rings. The van der Waals surface area contributed by atoms with Crippen LogP contribution in [0.25, 0.3) is 10.2 Å². The van der Waals surface area contributed by atoms with Crippen LogP contribution in [0.5, 0.6) is 0 Å². The second-order valence-corrected chi connectivity index (χ2v) is 7.08. The van der Waals surface area contributed by atoms with Gasteiger partial charge in [0.25, 0.3) is 5.91 Å². The van der Waals surface area contributed by atoms with Crippen LogP contribution in [0.3, 0.4) is 0 Å². The first-order chi connectivity index (χ1) is 9.99. The largest absolute Gasteiger partial charge is 0.333 e. The summed E-state index contributed by atoms with van der Waals surface area (Å²) in [5.41, 5.74) is 1.08. The number of aryl methyl sites for hydroxylation is 1. The molecule has 5 nitrogen and oxygen atoms in total. The number of hydrogen-bond donors (Lipinski definition) is 1. The SMILES string of the molecule is CC(C)c1nn(C)c2sc(C(=O)N3CCNC[C@@H]3C)cc12.Cl. The molecule has 0 spiro atoms. The summed E-state index contributed by atoms with van der Waals surface area (Å²) in [7, 11) is 1.95. The van der Waals surface area contributed by atoms with Gasteiger partial charge in [-0.15, -0.1) is 23.7 Å². The summed E-state index contributed by atoms with van der Waals surface area (Å²) in [4.78, 5) is 16.6. The maximum atomic E-state index is 12.7. The molecule has 0 aromatic carbocycles. The second-order valence-electron chi connectivity index (χ2n) is 6.04. The Morgan fingerprint density at radius 1 is 1.50 bits per heavy atom. The lowest BCUT2D eigenvalue weighted by Gasteiger charge is -2.33. The van der Waals surface area contributed by atoms with Crippen molar-refractivity contribution in [3.8, 4) is 0 Å². The third kappa shape index (κ3) is 2.87. The summed E-state index contributed by atoms with van der Waals surface area (Å²) in [6, 6.07) is 2.28. The number of rotatable bonds is 2. The Hall–Kier alpha value is -1.11. The molecule has 2 aromatic rings. The Balaban J connectivity index is 0.00000176. The van der Waals surface area contributed by atoms with E-state index in [0.29, 0.717) is 5.92 Å². The van der Waals surface area contributed by atoms with Gasteiger partial charge in [-0.05, 0) is 18.9 Å². The molecule has 22 heavy (non-hydrogen) atoms. The predicted molar refractivity (Wildman–Crippen MR) is 93.3 cm³/mol. The molecule has 1 atom stereocenters. The predicted octanol–water partition coefficient (Wildman–Crippen LogP) is 2.61. The van der Waals surface area contributed by atoms with E-state index < -0.39 is 0 Å². The molecule has 0 bridgehead atoms. The monoisotopic (exact) mass is 342 g/mol. The Labute approximate surface area is 141 Å². The number of aromatic nitrogens is 2. The van der Waals surface area contributed by atoms with Crippen molar-refractivity contribution in [3.63, 3.8) is 0 Å². The van der Waals surface area contributed by atoms with Gasteiger partial charge in [-0.2, -0.15) is 5.10 Å². The van der Waals surface area contributed by atoms with E-state index in [1.807, 2.05) is 22.7 Å². The number of fused-ring (bicyclic) bond motifs is 1. The van der Waals surface area contributed by atoms with Crippen molar-refractivity contribution < 1.29 is 4.79 Å². The van der Waals surface area contributed by atoms with Crippen molar-refractivity contribution in [2.75, 3.05) is 19.6 Å². The van der Waals surface area contributed by atoms with Crippen LogP contribution in [0.4, 0.5) is 0 Å². The molecule has 1 aliphatic rings. The molecule has 3 heterocycles. The average Bonchev–Trinajstić information content (AvgIpc) is 2.99. The number of amides is 1. The topological polar surface area (TPSA) is 50.2 Å². The van der Waals surface area contributed by atoms with Crippen molar-refractivity contribution >= 4 is 39.9 Å². The van der Waals surface area contributed by atoms with Crippen LogP contribution in [-0.4, -0.2) is 46.3 Å². The summed E-state index contributed by atoms with van der Waals surface area (Å²) in [6.07, 6.45) is 0. The van der Waals surface area contributed by atoms with Gasteiger partial charge in [0.05, 0.1) is 10.6 Å². The fraction of sp³-hybridized carbons (Fsp3) is 0.600. The van der Waals surface area contributed by atoms with Gasteiger partial charge >= 0.3 is 0 Å². The molecule has 1 amide bonds. The maximum absolute atomic E-state index is 12.7. The molecule has 3 rings (SSSR count). The highest BCUT2D eigenvalue weighted by Crippen LogP contribution is 2.32. The molecular formula is C15H23ClN4OS. The van der Waals surface area contributed by atoms with E-state index in [1.165, 1.54) is 0 Å². The lowest BCUT2D eigenvalue weighted by atomic mass is 10.1. The summed E-state index contributed by atoms with van der Waals surface area (Å²) in [5.74, 6) is 0.518. The normalized spacial score (nSPS) is 18.8. The van der Waals surface area contributed by atoms with Crippen molar-refractivity contribution in [2.45, 2.75) is 32.7 Å². The second kappa shape index (κ2) is 6.56. The zero-order chi connectivity index (χ0) is 15.1. The molecule has 1 aliphatic heterocycles. The number of piperazine rings is 1. The van der Waals surface area contributed by atoms with Gasteiger partial charge in [0.2, 0.25) is 0 Å². The van der Waals surface area contributed by atoms with Crippen LogP contribution in [-0.2, 0) is 7.05 Å². The molecule has 0 aliphatic carbocycles. The van der Waals surface area contributed by atoms with Crippen LogP contribution in [0, 0.1) is 0 Å². The van der Waals surface area contributed by atoms with Crippen LogP contribution in [0.2, 0.25) is 0 Å². The zero-order valence-corrected chi connectivity index (χ0v) is 15.1. The van der Waals surface area contributed by atoms with E-state index in [4.69, 9.17) is 0 Å². The van der Waals surface area contributed by atoms with Crippen molar-refractivity contribution in [1.82, 2.24) is 20.0 Å². The van der Waals surface area contributed by atoms with Gasteiger partial charge in [0.1, 0.15) is 4.83 Å². The maximum Gasteiger partial charge on any atom is 0.264 e. The Kier molecular flexibility index (Phi) is 5.14. The van der Waals surface area contributed by atoms with Gasteiger partial charge < -0.3 is 10.2 Å². The molecule has 1 N–H and O–H groups in total. The lowest BCUT2D eigenvalue weighted by molar-refractivity contribution is 0.0661. The standard InChI is InChI=1S/C15H22N4OS.ClH/c1-9(2)13-11-7-12(21-15(11)18(4)17-13)14(20)19-6-5-16-8-10(19)3;/h7,9-10,16H,5-6,8H2,1-4H3;1H/t10-;/m0./s1. The van der Waals surface area contributed by atoms with Crippen molar-refractivity contribution in [1.29, 1.82) is 0 Å². The molecular weight excluding hydrogens is 320 g/mol. The van der Waals surface area contributed by atoms with Crippen molar-refractivity contribution in [2.24, 2.45) is 7.05 Å². The quantitative estimate of drug-likeness (QED) is 0.912. The molecule has 0 radical (unpaired) electrons. The fourth-order valence-electron chi connectivity index (χ4n) is 2.88. The number of hydrogen-bond acceptors (Lipinski definition) is 4. The molecule has 1 saturated heterocycles. The number of nitrogens with one attached hydrogen (secondary N) is 1. The molecule has 7 heteroatoms. The van der Waals surface area contributed by atoms with Gasteiger partial charge in [-0.1, -0.05) is 13.8 Å². The minimum Gasteiger partial charge on any atom is -0.333 e. The first-order valence-electron chi connectivity index (χ1n) is 7.47. The van der Waals surface area contributed by atoms with E-state index in [0.717, 1.165) is 40.4 Å². The van der Waals surface area contributed by atoms with E-state index in [1.54, 1.807) is 11.3 Å². The summed E-state index contributed by atoms with van der Waals surface area (Å²) >= 11 is 1.55. The number of thiophene rings is 1. The third-order valence-electron chi connectivity index (χ3n) is 4.06. The minimum atomic E-state index is 0. The van der Waals surface area contributed by atoms with Gasteiger partial charge in [0.15, 0.2) is 0 Å². The lowest BCUT2D eigenvalue weighted by Crippen LogP contribution is -2.52. The van der Waals surface area contributed by atoms with E-state index in [9.17, 15) is 4.79 Å². The van der Waals surface area contributed by atoms with E-state index in [2.05, 4.69) is 31.2 Å². The van der Waals surface area contributed by atoms with Gasteiger partial charge in [0, 0.05) is 38.1 Å². The van der Waals surface area contributed by atoms with Crippen LogP contribution in [0.15, 0.2) is 6.07 Å². The zero-order valence-electron chi connectivity index (χ0n) is 13.4. The Bertz CT molecular complexity index is 678. The van der Waals surface area contributed by atoms with Crippen LogP contribution < -0.4 is 5.32 Å². The summed E-state index contributed by atoms with van der Waals surface area (Å²) in [6.45, 7) is 8.90. The van der Waals surface area contributed by atoms with Crippen LogP contribution in [0.1, 0.15) is 42.1 Å². The third-order valence-corrected chi connectivity index (χ3v) is 5.25. The van der Waals surface area contributed by atoms with Gasteiger partial charge in [-0.3, -0.25) is 9.48 Å². The number of nitrogens with zero attached hydrogens (tertiary/aromatic N) is 3. The average molecular weight is 343 g/mol.